The first-order valence-electron chi connectivity index (χ1n) is 12.6. The van der Waals surface area contributed by atoms with Crippen molar-refractivity contribution < 1.29 is 9.59 Å². The molecule has 0 radical (unpaired) electrons. The molecule has 7 atom stereocenters. The topological polar surface area (TPSA) is 52.7 Å². The van der Waals surface area contributed by atoms with E-state index in [-0.39, 0.29) is 28.2 Å². The van der Waals surface area contributed by atoms with Crippen LogP contribution in [0.15, 0.2) is 0 Å². The molecule has 0 aromatic rings. The first-order chi connectivity index (χ1) is 14.8. The van der Waals surface area contributed by atoms with E-state index in [0.29, 0.717) is 41.2 Å². The zero-order chi connectivity index (χ0) is 23.6. The molecule has 6 heteroatoms. The molecule has 0 aromatic carbocycles. The molecule has 0 unspecified atom stereocenters. The Morgan fingerprint density at radius 2 is 1.72 bits per heavy atom. The number of thiocarbonyl (C=S) groups is 1. The van der Waals surface area contributed by atoms with Crippen molar-refractivity contribution in [3.8, 4) is 0 Å². The number of nitrogens with zero attached hydrogens (tertiary/aromatic N) is 2. The monoisotopic (exact) mass is 461 g/mol. The van der Waals surface area contributed by atoms with Crippen LogP contribution in [-0.4, -0.2) is 52.4 Å². The number of piperidine rings is 1. The highest BCUT2D eigenvalue weighted by Crippen LogP contribution is 2.66. The molecule has 3 aliphatic carbocycles. The van der Waals surface area contributed by atoms with Crippen LogP contribution in [0.3, 0.4) is 0 Å². The Morgan fingerprint density at radius 1 is 1.06 bits per heavy atom. The van der Waals surface area contributed by atoms with Gasteiger partial charge in [-0.2, -0.15) is 0 Å². The number of amides is 2. The third kappa shape index (κ3) is 3.69. The minimum Gasteiger partial charge on any atom is -0.358 e. The molecular formula is C26H43N3O2S. The standard InChI is InChI=1S/C26H43N3O2S/c1-24(2,3)27-23(32)29(7)22(31)19-10-9-17-16-8-11-20-26(5,15-13-21(30)28(20)6)18(16)12-14-25(17,19)4/h16-20H,8-15H2,1-7H3,(H,27,32)/t16-,17-,18-,19+,20+,25-,26+/m0/s1. The lowest BCUT2D eigenvalue weighted by Crippen LogP contribution is -2.61. The molecular weight excluding hydrogens is 418 g/mol. The highest BCUT2D eigenvalue weighted by molar-refractivity contribution is 7.80. The van der Waals surface area contributed by atoms with Gasteiger partial charge in [-0.15, -0.1) is 0 Å². The van der Waals surface area contributed by atoms with E-state index in [0.717, 1.165) is 32.1 Å². The number of rotatable bonds is 1. The predicted molar refractivity (Wildman–Crippen MR) is 132 cm³/mol. The quantitative estimate of drug-likeness (QED) is 0.580. The van der Waals surface area contributed by atoms with E-state index in [2.05, 4.69) is 44.8 Å². The maximum atomic E-state index is 13.6. The smallest absolute Gasteiger partial charge is 0.232 e. The van der Waals surface area contributed by atoms with Crippen molar-refractivity contribution >= 4 is 29.1 Å². The number of carbonyl (C=O) groups is 2. The van der Waals surface area contributed by atoms with Crippen molar-refractivity contribution in [1.29, 1.82) is 0 Å². The van der Waals surface area contributed by atoms with Crippen LogP contribution in [0.2, 0.25) is 0 Å². The third-order valence-corrected chi connectivity index (χ3v) is 10.3. The van der Waals surface area contributed by atoms with Gasteiger partial charge in [-0.1, -0.05) is 13.8 Å². The Bertz CT molecular complexity index is 807. The summed E-state index contributed by atoms with van der Waals surface area (Å²) < 4.78 is 0. The van der Waals surface area contributed by atoms with E-state index in [1.807, 2.05) is 14.1 Å². The Hall–Kier alpha value is -1.17. The minimum atomic E-state index is -0.158. The van der Waals surface area contributed by atoms with Crippen LogP contribution in [-0.2, 0) is 9.59 Å². The predicted octanol–water partition coefficient (Wildman–Crippen LogP) is 4.60. The molecule has 2 amide bonds. The lowest BCUT2D eigenvalue weighted by atomic mass is 9.47. The zero-order valence-corrected chi connectivity index (χ0v) is 22.0. The number of likely N-dealkylation sites (tertiary alicyclic amines) is 1. The number of fused-ring (bicyclic) bond motifs is 5. The summed E-state index contributed by atoms with van der Waals surface area (Å²) in [5, 5.41) is 3.83. The van der Waals surface area contributed by atoms with Crippen LogP contribution in [0.5, 0.6) is 0 Å². The molecule has 0 bridgehead atoms. The van der Waals surface area contributed by atoms with Crippen molar-refractivity contribution in [1.82, 2.24) is 15.1 Å². The van der Waals surface area contributed by atoms with Gasteiger partial charge in [0, 0.05) is 38.0 Å². The maximum absolute atomic E-state index is 13.6. The molecule has 1 saturated heterocycles. The second-order valence-corrected chi connectivity index (χ2v) is 13.1. The molecule has 180 valence electrons. The van der Waals surface area contributed by atoms with Gasteiger partial charge in [-0.3, -0.25) is 14.5 Å². The molecule has 0 spiro atoms. The van der Waals surface area contributed by atoms with Crippen molar-refractivity contribution in [3.63, 3.8) is 0 Å². The third-order valence-electron chi connectivity index (χ3n) is 9.97. The van der Waals surface area contributed by atoms with Crippen molar-refractivity contribution in [3.05, 3.63) is 0 Å². The molecule has 1 N–H and O–H groups in total. The number of nitrogens with one attached hydrogen (secondary N) is 1. The van der Waals surface area contributed by atoms with E-state index in [4.69, 9.17) is 12.2 Å². The SMILES string of the molecule is CN(C(=O)[C@H]1CC[C@H]2[C@@H]3CC[C@H]4N(C)C(=O)CC[C@]4(C)[C@H]3CC[C@]12C)C(=S)NC(C)(C)C. The first kappa shape index (κ1) is 24.0. The van der Waals surface area contributed by atoms with Crippen LogP contribution in [0.4, 0.5) is 0 Å². The average molecular weight is 462 g/mol. The number of carbonyl (C=O) groups excluding carboxylic acids is 2. The fraction of sp³-hybridized carbons (Fsp3) is 0.885. The molecule has 4 aliphatic rings. The summed E-state index contributed by atoms with van der Waals surface area (Å²) in [7, 11) is 3.86. The zero-order valence-electron chi connectivity index (χ0n) is 21.2. The van der Waals surface area contributed by atoms with Crippen molar-refractivity contribution in [2.24, 2.45) is 34.5 Å². The summed E-state index contributed by atoms with van der Waals surface area (Å²) in [5.41, 5.74) is 0.127. The highest BCUT2D eigenvalue weighted by Gasteiger charge is 2.62. The summed E-state index contributed by atoms with van der Waals surface area (Å²) in [4.78, 5) is 29.8. The second kappa shape index (κ2) is 7.95. The van der Waals surface area contributed by atoms with Crippen molar-refractivity contribution in [2.45, 2.75) is 97.6 Å². The second-order valence-electron chi connectivity index (χ2n) is 12.7. The van der Waals surface area contributed by atoms with E-state index >= 15 is 0 Å². The minimum absolute atomic E-state index is 0.0549. The molecule has 32 heavy (non-hydrogen) atoms. The van der Waals surface area contributed by atoms with Gasteiger partial charge >= 0.3 is 0 Å². The van der Waals surface area contributed by atoms with E-state index in [1.165, 1.54) is 12.8 Å². The van der Waals surface area contributed by atoms with Crippen LogP contribution in [0.25, 0.3) is 0 Å². The van der Waals surface area contributed by atoms with Crippen LogP contribution < -0.4 is 5.32 Å². The molecule has 5 nitrogen and oxygen atoms in total. The Balaban J connectivity index is 1.53. The fourth-order valence-corrected chi connectivity index (χ4v) is 8.69. The molecule has 1 aliphatic heterocycles. The van der Waals surface area contributed by atoms with Gasteiger partial charge in [0.15, 0.2) is 5.11 Å². The Kier molecular flexibility index (Phi) is 5.96. The van der Waals surface area contributed by atoms with Gasteiger partial charge in [0.2, 0.25) is 11.8 Å². The maximum Gasteiger partial charge on any atom is 0.232 e. The summed E-state index contributed by atoms with van der Waals surface area (Å²) in [6, 6.07) is 0.389. The van der Waals surface area contributed by atoms with Crippen molar-refractivity contribution in [2.75, 3.05) is 14.1 Å². The molecule has 3 saturated carbocycles. The van der Waals surface area contributed by atoms with Gasteiger partial charge in [-0.05, 0) is 107 Å². The molecule has 4 rings (SSSR count). The first-order valence-corrected chi connectivity index (χ1v) is 13.1. The lowest BCUT2D eigenvalue weighted by Gasteiger charge is -2.61. The normalized spacial score (nSPS) is 41.4. The summed E-state index contributed by atoms with van der Waals surface area (Å²) in [6.45, 7) is 11.1. The Morgan fingerprint density at radius 3 is 2.38 bits per heavy atom. The van der Waals surface area contributed by atoms with Crippen LogP contribution >= 0.6 is 12.2 Å². The fourth-order valence-electron chi connectivity index (χ4n) is 8.29. The molecule has 1 heterocycles. The lowest BCUT2D eigenvalue weighted by molar-refractivity contribution is -0.160. The van der Waals surface area contributed by atoms with Gasteiger partial charge in [0.1, 0.15) is 0 Å². The molecule has 4 fully saturated rings. The molecule has 0 aromatic heterocycles. The van der Waals surface area contributed by atoms with Gasteiger partial charge in [-0.25, -0.2) is 0 Å². The summed E-state index contributed by atoms with van der Waals surface area (Å²) in [6.07, 6.45) is 8.46. The largest absolute Gasteiger partial charge is 0.358 e. The number of hydrogen-bond acceptors (Lipinski definition) is 3. The van der Waals surface area contributed by atoms with E-state index in [9.17, 15) is 9.59 Å². The van der Waals surface area contributed by atoms with Crippen LogP contribution in [0.1, 0.15) is 86.0 Å². The van der Waals surface area contributed by atoms with Gasteiger partial charge < -0.3 is 10.2 Å². The van der Waals surface area contributed by atoms with E-state index < -0.39 is 0 Å². The highest BCUT2D eigenvalue weighted by atomic mass is 32.1. The Labute approximate surface area is 200 Å². The van der Waals surface area contributed by atoms with E-state index in [1.54, 1.807) is 4.90 Å². The number of hydrogen-bond donors (Lipinski definition) is 1. The van der Waals surface area contributed by atoms with Crippen LogP contribution in [0, 0.1) is 34.5 Å². The summed E-state index contributed by atoms with van der Waals surface area (Å²) in [5.74, 6) is 2.52. The summed E-state index contributed by atoms with van der Waals surface area (Å²) >= 11 is 5.57. The van der Waals surface area contributed by atoms with Gasteiger partial charge in [0.25, 0.3) is 0 Å². The average Bonchev–Trinajstić information content (AvgIpc) is 3.06. The van der Waals surface area contributed by atoms with Gasteiger partial charge in [0.05, 0.1) is 0 Å².